The summed E-state index contributed by atoms with van der Waals surface area (Å²) in [6, 6.07) is 0. The first-order valence-electron chi connectivity index (χ1n) is 7.97. The van der Waals surface area contributed by atoms with Gasteiger partial charge < -0.3 is 19.7 Å². The molecular formula is C16H26BN3O4. The van der Waals surface area contributed by atoms with E-state index in [-0.39, 0.29) is 5.69 Å². The van der Waals surface area contributed by atoms with Crippen LogP contribution in [0.5, 0.6) is 0 Å². The molecule has 8 heteroatoms. The quantitative estimate of drug-likeness (QED) is 0.796. The SMILES string of the molecule is CNCC(=Cc1c(C)nn(C)c1C(=O)O)B1OC(C)(C)C(C)(C)O1. The van der Waals surface area contributed by atoms with Crippen molar-refractivity contribution >= 4 is 19.2 Å². The second-order valence-corrected chi connectivity index (χ2v) is 7.11. The average Bonchev–Trinajstić information content (AvgIpc) is 2.82. The van der Waals surface area contributed by atoms with Crippen molar-refractivity contribution in [3.8, 4) is 0 Å². The Morgan fingerprint density at radius 1 is 1.33 bits per heavy atom. The van der Waals surface area contributed by atoms with Crippen LogP contribution in [0.2, 0.25) is 0 Å². The molecule has 2 rings (SSSR count). The minimum atomic E-state index is -1.01. The van der Waals surface area contributed by atoms with Gasteiger partial charge in [-0.3, -0.25) is 4.68 Å². The highest BCUT2D eigenvalue weighted by Gasteiger charge is 2.52. The molecule has 0 aliphatic carbocycles. The van der Waals surface area contributed by atoms with Crippen LogP contribution >= 0.6 is 0 Å². The Morgan fingerprint density at radius 2 is 1.88 bits per heavy atom. The van der Waals surface area contributed by atoms with Crippen molar-refractivity contribution in [2.75, 3.05) is 13.6 Å². The highest BCUT2D eigenvalue weighted by molar-refractivity contribution is 6.56. The number of aryl methyl sites for hydroxylation is 2. The summed E-state index contributed by atoms with van der Waals surface area (Å²) in [5.74, 6) is -1.01. The topological polar surface area (TPSA) is 85.6 Å². The monoisotopic (exact) mass is 335 g/mol. The van der Waals surface area contributed by atoms with E-state index in [1.807, 2.05) is 40.8 Å². The van der Waals surface area contributed by atoms with Crippen LogP contribution in [0.15, 0.2) is 5.47 Å². The van der Waals surface area contributed by atoms with Crippen LogP contribution in [0.3, 0.4) is 0 Å². The van der Waals surface area contributed by atoms with Crippen molar-refractivity contribution in [1.29, 1.82) is 0 Å². The van der Waals surface area contributed by atoms with Gasteiger partial charge in [-0.05, 0) is 47.1 Å². The highest BCUT2D eigenvalue weighted by atomic mass is 16.7. The first kappa shape index (κ1) is 18.7. The number of aromatic nitrogens is 2. The fourth-order valence-electron chi connectivity index (χ4n) is 2.69. The molecule has 0 spiro atoms. The number of likely N-dealkylation sites (N-methyl/N-ethyl adjacent to an activating group) is 1. The zero-order valence-electron chi connectivity index (χ0n) is 15.4. The van der Waals surface area contributed by atoms with E-state index in [0.29, 0.717) is 17.8 Å². The van der Waals surface area contributed by atoms with E-state index in [1.165, 1.54) is 4.68 Å². The Labute approximate surface area is 143 Å². The number of hydrogen-bond donors (Lipinski definition) is 2. The van der Waals surface area contributed by atoms with Crippen molar-refractivity contribution in [1.82, 2.24) is 15.1 Å². The molecule has 1 aliphatic rings. The number of hydrogen-bond acceptors (Lipinski definition) is 5. The second-order valence-electron chi connectivity index (χ2n) is 7.11. The zero-order valence-corrected chi connectivity index (χ0v) is 15.4. The van der Waals surface area contributed by atoms with E-state index in [9.17, 15) is 9.90 Å². The summed E-state index contributed by atoms with van der Waals surface area (Å²) >= 11 is 0. The van der Waals surface area contributed by atoms with Gasteiger partial charge in [0.1, 0.15) is 0 Å². The van der Waals surface area contributed by atoms with E-state index >= 15 is 0 Å². The van der Waals surface area contributed by atoms with Gasteiger partial charge in [-0.2, -0.15) is 5.10 Å². The van der Waals surface area contributed by atoms with E-state index in [4.69, 9.17) is 9.31 Å². The van der Waals surface area contributed by atoms with Crippen LogP contribution < -0.4 is 5.32 Å². The van der Waals surface area contributed by atoms with Gasteiger partial charge in [0, 0.05) is 19.2 Å². The molecule has 0 aromatic carbocycles. The molecule has 0 bridgehead atoms. The summed E-state index contributed by atoms with van der Waals surface area (Å²) in [5, 5.41) is 16.8. The minimum Gasteiger partial charge on any atom is -0.477 e. The number of nitrogens with zero attached hydrogens (tertiary/aromatic N) is 2. The largest absolute Gasteiger partial charge is 0.491 e. The minimum absolute atomic E-state index is 0.151. The van der Waals surface area contributed by atoms with Gasteiger partial charge in [0.2, 0.25) is 0 Å². The van der Waals surface area contributed by atoms with E-state index in [1.54, 1.807) is 14.0 Å². The third-order valence-corrected chi connectivity index (χ3v) is 4.74. The van der Waals surface area contributed by atoms with Gasteiger partial charge >= 0.3 is 13.1 Å². The van der Waals surface area contributed by atoms with Crippen molar-refractivity contribution in [3.05, 3.63) is 22.4 Å². The molecule has 0 unspecified atom stereocenters. The molecule has 2 heterocycles. The Bertz CT molecular complexity index is 663. The lowest BCUT2D eigenvalue weighted by Gasteiger charge is -2.32. The van der Waals surface area contributed by atoms with Crippen molar-refractivity contribution in [3.63, 3.8) is 0 Å². The molecule has 0 saturated carbocycles. The number of rotatable bonds is 5. The van der Waals surface area contributed by atoms with Crippen LogP contribution in [0.25, 0.3) is 6.08 Å². The summed E-state index contributed by atoms with van der Waals surface area (Å²) < 4.78 is 13.6. The number of carbonyl (C=O) groups is 1. The van der Waals surface area contributed by atoms with E-state index in [0.717, 1.165) is 5.47 Å². The maximum Gasteiger partial charge on any atom is 0.491 e. The Balaban J connectivity index is 2.47. The lowest BCUT2D eigenvalue weighted by molar-refractivity contribution is 0.00578. The summed E-state index contributed by atoms with van der Waals surface area (Å²) in [4.78, 5) is 11.6. The van der Waals surface area contributed by atoms with Crippen molar-refractivity contribution < 1.29 is 19.2 Å². The van der Waals surface area contributed by atoms with Crippen LogP contribution in [-0.2, 0) is 16.4 Å². The van der Waals surface area contributed by atoms with Crippen molar-refractivity contribution in [2.24, 2.45) is 7.05 Å². The van der Waals surface area contributed by atoms with Gasteiger partial charge in [-0.15, -0.1) is 0 Å². The highest BCUT2D eigenvalue weighted by Crippen LogP contribution is 2.38. The molecule has 1 fully saturated rings. The number of carboxylic acid groups (broad SMARTS) is 1. The Hall–Kier alpha value is -1.64. The number of nitrogens with one attached hydrogen (secondary N) is 1. The first-order chi connectivity index (χ1) is 11.0. The molecule has 1 aromatic heterocycles. The molecule has 132 valence electrons. The second kappa shape index (κ2) is 6.35. The van der Waals surface area contributed by atoms with Crippen LogP contribution in [0.4, 0.5) is 0 Å². The lowest BCUT2D eigenvalue weighted by atomic mass is 9.76. The Morgan fingerprint density at radius 3 is 2.33 bits per heavy atom. The van der Waals surface area contributed by atoms with Gasteiger partial charge in [0.25, 0.3) is 0 Å². The Kier molecular flexibility index (Phi) is 4.95. The molecule has 1 aromatic rings. The fourth-order valence-corrected chi connectivity index (χ4v) is 2.69. The molecule has 2 N–H and O–H groups in total. The van der Waals surface area contributed by atoms with E-state index < -0.39 is 24.3 Å². The predicted molar refractivity (Wildman–Crippen MR) is 92.9 cm³/mol. The van der Waals surface area contributed by atoms with Crippen LogP contribution in [-0.4, -0.2) is 52.8 Å². The standard InChI is InChI=1S/C16H26BN3O4/c1-10-12(13(14(21)22)20(7)19-10)8-11(9-18-6)17-23-15(2,3)16(4,5)24-17/h8,18H,9H2,1-7H3,(H,21,22). The zero-order chi connectivity index (χ0) is 18.3. The van der Waals surface area contributed by atoms with Gasteiger partial charge in [0.15, 0.2) is 5.69 Å². The maximum absolute atomic E-state index is 11.6. The molecule has 1 aliphatic heterocycles. The number of carboxylic acids is 1. The normalized spacial score (nSPS) is 19.8. The van der Waals surface area contributed by atoms with Gasteiger partial charge in [0.05, 0.1) is 16.9 Å². The van der Waals surface area contributed by atoms with Gasteiger partial charge in [-0.1, -0.05) is 6.08 Å². The molecule has 1 saturated heterocycles. The maximum atomic E-state index is 11.6. The lowest BCUT2D eigenvalue weighted by Crippen LogP contribution is -2.41. The molecule has 0 amide bonds. The average molecular weight is 335 g/mol. The van der Waals surface area contributed by atoms with Crippen molar-refractivity contribution in [2.45, 2.75) is 45.8 Å². The summed E-state index contributed by atoms with van der Waals surface area (Å²) in [5.41, 5.74) is 1.30. The van der Waals surface area contributed by atoms with Crippen LogP contribution in [0.1, 0.15) is 49.4 Å². The molecule has 0 atom stereocenters. The molecule has 24 heavy (non-hydrogen) atoms. The smallest absolute Gasteiger partial charge is 0.477 e. The summed E-state index contributed by atoms with van der Waals surface area (Å²) in [6.45, 7) is 10.3. The summed E-state index contributed by atoms with van der Waals surface area (Å²) in [6.07, 6.45) is 1.81. The fraction of sp³-hybridized carbons (Fsp3) is 0.625. The molecular weight excluding hydrogens is 309 g/mol. The first-order valence-corrected chi connectivity index (χ1v) is 7.97. The predicted octanol–water partition coefficient (Wildman–Crippen LogP) is 1.66. The third-order valence-electron chi connectivity index (χ3n) is 4.74. The third kappa shape index (κ3) is 3.26. The molecule has 0 radical (unpaired) electrons. The van der Waals surface area contributed by atoms with Gasteiger partial charge in [-0.25, -0.2) is 4.79 Å². The molecule has 7 nitrogen and oxygen atoms in total. The summed E-state index contributed by atoms with van der Waals surface area (Å²) in [7, 11) is 2.91. The van der Waals surface area contributed by atoms with E-state index in [2.05, 4.69) is 10.4 Å². The number of aromatic carboxylic acids is 1. The van der Waals surface area contributed by atoms with Crippen LogP contribution in [0, 0.1) is 6.92 Å².